The van der Waals surface area contributed by atoms with E-state index in [2.05, 4.69) is 99.0 Å². The fraction of sp³-hybridized carbons (Fsp3) is 0.758. The number of likely N-dealkylation sites (N-methyl/N-ethyl adjacent to an activating group) is 1. The van der Waals surface area contributed by atoms with Crippen LogP contribution in [0.5, 0.6) is 0 Å². The highest BCUT2D eigenvalue weighted by molar-refractivity contribution is 7.47. The SMILES string of the molecule is CC/C=C\C/C=C\C/C=C\C/C=C\C/C=C\CCCCCCCCCCCC(=O)OC(/C=C\CCCCCCCCCCC)C(COP(=O)(O)OCC[N+](C)(C)C)NC(=O)CCCCC/C=C\CCCCCCCCC. The van der Waals surface area contributed by atoms with Crippen molar-refractivity contribution in [1.82, 2.24) is 5.32 Å². The molecule has 0 aliphatic carbocycles. The molecule has 0 aromatic carbocycles. The monoisotopic (exact) mass is 1080 g/mol. The first-order valence-electron chi connectivity index (χ1n) is 31.4. The minimum Gasteiger partial charge on any atom is -0.456 e. The molecule has 0 aromatic heterocycles. The number of nitrogens with one attached hydrogen (secondary N) is 1. The summed E-state index contributed by atoms with van der Waals surface area (Å²) in [5, 5.41) is 3.04. The smallest absolute Gasteiger partial charge is 0.456 e. The van der Waals surface area contributed by atoms with Crippen molar-refractivity contribution in [2.75, 3.05) is 40.9 Å². The average Bonchev–Trinajstić information content (AvgIpc) is 3.38. The molecule has 0 fully saturated rings. The molecule has 2 N–H and O–H groups in total. The fourth-order valence-electron chi connectivity index (χ4n) is 8.73. The van der Waals surface area contributed by atoms with E-state index in [4.69, 9.17) is 13.8 Å². The first kappa shape index (κ1) is 73.2. The third-order valence-corrected chi connectivity index (χ3v) is 14.6. The van der Waals surface area contributed by atoms with Gasteiger partial charge in [0.25, 0.3) is 0 Å². The van der Waals surface area contributed by atoms with Crippen molar-refractivity contribution in [2.45, 2.75) is 283 Å². The van der Waals surface area contributed by atoms with Gasteiger partial charge in [0.05, 0.1) is 33.8 Å². The number of amides is 1. The Kier molecular flexibility index (Phi) is 53.5. The van der Waals surface area contributed by atoms with Gasteiger partial charge in [-0.2, -0.15) is 0 Å². The Morgan fingerprint density at radius 2 is 0.842 bits per heavy atom. The van der Waals surface area contributed by atoms with E-state index in [-0.39, 0.29) is 31.5 Å². The van der Waals surface area contributed by atoms with Crippen LogP contribution in [-0.4, -0.2) is 74.3 Å². The summed E-state index contributed by atoms with van der Waals surface area (Å²) in [7, 11) is 1.48. The summed E-state index contributed by atoms with van der Waals surface area (Å²) in [6.07, 6.45) is 73.0. The Labute approximate surface area is 469 Å². The van der Waals surface area contributed by atoms with Crippen LogP contribution in [0.2, 0.25) is 0 Å². The van der Waals surface area contributed by atoms with Gasteiger partial charge in [-0.3, -0.25) is 18.6 Å². The molecule has 76 heavy (non-hydrogen) atoms. The van der Waals surface area contributed by atoms with Crippen molar-refractivity contribution in [3.8, 4) is 0 Å². The number of phosphoric acid groups is 1. The molecule has 0 bridgehead atoms. The summed E-state index contributed by atoms with van der Waals surface area (Å²) >= 11 is 0. The summed E-state index contributed by atoms with van der Waals surface area (Å²) in [6.45, 7) is 6.87. The van der Waals surface area contributed by atoms with Crippen LogP contribution in [0, 0.1) is 0 Å². The van der Waals surface area contributed by atoms with E-state index in [1.54, 1.807) is 0 Å². The molecular formula is C66H120N2O7P+. The molecule has 0 aliphatic heterocycles. The largest absolute Gasteiger partial charge is 0.472 e. The van der Waals surface area contributed by atoms with Gasteiger partial charge in [-0.25, -0.2) is 4.57 Å². The molecule has 10 heteroatoms. The molecule has 0 spiro atoms. The van der Waals surface area contributed by atoms with Gasteiger partial charge >= 0.3 is 13.8 Å². The quantitative estimate of drug-likeness (QED) is 0.0205. The van der Waals surface area contributed by atoms with Crippen LogP contribution in [0.3, 0.4) is 0 Å². The van der Waals surface area contributed by atoms with Crippen molar-refractivity contribution in [1.29, 1.82) is 0 Å². The zero-order valence-corrected chi connectivity index (χ0v) is 51.1. The van der Waals surface area contributed by atoms with Crippen LogP contribution in [0.1, 0.15) is 271 Å². The molecule has 1 amide bonds. The van der Waals surface area contributed by atoms with Gasteiger partial charge in [0.1, 0.15) is 19.3 Å². The Balaban J connectivity index is 5.15. The Bertz CT molecular complexity index is 1580. The first-order valence-corrected chi connectivity index (χ1v) is 32.9. The van der Waals surface area contributed by atoms with Gasteiger partial charge in [0, 0.05) is 12.8 Å². The van der Waals surface area contributed by atoms with E-state index in [0.717, 1.165) is 116 Å². The van der Waals surface area contributed by atoms with Gasteiger partial charge in [-0.15, -0.1) is 0 Å². The van der Waals surface area contributed by atoms with Gasteiger partial charge in [0.2, 0.25) is 5.91 Å². The predicted octanol–water partition coefficient (Wildman–Crippen LogP) is 19.4. The summed E-state index contributed by atoms with van der Waals surface area (Å²) in [4.78, 5) is 37.7. The number of carbonyl (C=O) groups excluding carboxylic acids is 2. The van der Waals surface area contributed by atoms with Crippen LogP contribution in [0.25, 0.3) is 0 Å². The Morgan fingerprint density at radius 1 is 0.474 bits per heavy atom. The van der Waals surface area contributed by atoms with E-state index >= 15 is 0 Å². The number of nitrogens with zero attached hydrogens (tertiary/aromatic N) is 1. The number of allylic oxidation sites excluding steroid dienone is 13. The lowest BCUT2D eigenvalue weighted by Crippen LogP contribution is -2.47. The van der Waals surface area contributed by atoms with Crippen LogP contribution in [0.15, 0.2) is 85.1 Å². The normalized spacial score (nSPS) is 14.2. The number of hydrogen-bond acceptors (Lipinski definition) is 6. The van der Waals surface area contributed by atoms with Crippen molar-refractivity contribution < 1.29 is 37.3 Å². The average molecular weight is 1080 g/mol. The van der Waals surface area contributed by atoms with Gasteiger partial charge in [-0.05, 0) is 102 Å². The summed E-state index contributed by atoms with van der Waals surface area (Å²) < 4.78 is 30.7. The molecular weight excluding hydrogens is 964 g/mol. The van der Waals surface area contributed by atoms with E-state index in [1.165, 1.54) is 122 Å². The molecule has 3 atom stereocenters. The molecule has 9 nitrogen and oxygen atoms in total. The van der Waals surface area contributed by atoms with E-state index in [9.17, 15) is 19.0 Å². The van der Waals surface area contributed by atoms with Gasteiger partial charge < -0.3 is 19.4 Å². The molecule has 3 unspecified atom stereocenters. The third kappa shape index (κ3) is 55.9. The second-order valence-electron chi connectivity index (χ2n) is 22.2. The molecule has 0 rings (SSSR count). The third-order valence-electron chi connectivity index (χ3n) is 13.6. The van der Waals surface area contributed by atoms with Crippen molar-refractivity contribution in [3.05, 3.63) is 85.1 Å². The molecule has 0 aromatic rings. The minimum absolute atomic E-state index is 0.0338. The van der Waals surface area contributed by atoms with Gasteiger partial charge in [0.15, 0.2) is 0 Å². The van der Waals surface area contributed by atoms with Crippen molar-refractivity contribution >= 4 is 19.7 Å². The summed E-state index contributed by atoms with van der Waals surface area (Å²) in [5.41, 5.74) is 0. The highest BCUT2D eigenvalue weighted by Gasteiger charge is 2.30. The fourth-order valence-corrected chi connectivity index (χ4v) is 9.46. The second-order valence-corrected chi connectivity index (χ2v) is 23.6. The molecule has 0 saturated heterocycles. The number of unbranched alkanes of at least 4 members (excludes halogenated alkanes) is 28. The number of hydrogen-bond donors (Lipinski definition) is 2. The van der Waals surface area contributed by atoms with Crippen LogP contribution >= 0.6 is 7.82 Å². The predicted molar refractivity (Wildman–Crippen MR) is 328 cm³/mol. The number of rotatable bonds is 56. The van der Waals surface area contributed by atoms with E-state index < -0.39 is 20.0 Å². The Morgan fingerprint density at radius 3 is 1.29 bits per heavy atom. The zero-order valence-electron chi connectivity index (χ0n) is 50.2. The maximum absolute atomic E-state index is 13.5. The van der Waals surface area contributed by atoms with Crippen LogP contribution in [0.4, 0.5) is 0 Å². The maximum atomic E-state index is 13.5. The number of ether oxygens (including phenoxy) is 1. The standard InChI is InChI=1S/C66H119N2O7P/c1-7-10-13-16-19-22-25-27-29-30-31-32-33-34-35-36-37-38-39-41-44-47-50-53-56-59-66(70)75-64(57-54-51-48-45-42-24-21-18-15-12-9-3)63(62-74-76(71,72)73-61-60-68(4,5)6)67-65(69)58-55-52-49-46-43-40-28-26-23-20-17-14-11-8-2/h10,13,19,22,27,29,31-32,34-35,40,43,54,57,63-64H,7-9,11-12,14-18,20-21,23-26,28,30,33,36-39,41-42,44-53,55-56,58-62H2,1-6H3,(H-,67,69,71,72)/p+1/b13-10-,22-19-,29-27-,32-31-,35-34-,43-40-,57-54-. The topological polar surface area (TPSA) is 111 Å². The second kappa shape index (κ2) is 55.5. The lowest BCUT2D eigenvalue weighted by molar-refractivity contribution is -0.870. The van der Waals surface area contributed by atoms with Crippen molar-refractivity contribution in [2.24, 2.45) is 0 Å². The highest BCUT2D eigenvalue weighted by atomic mass is 31.2. The van der Waals surface area contributed by atoms with Crippen molar-refractivity contribution in [3.63, 3.8) is 0 Å². The molecule has 440 valence electrons. The molecule has 0 radical (unpaired) electrons. The van der Waals surface area contributed by atoms with Crippen LogP contribution in [-0.2, 0) is 27.9 Å². The van der Waals surface area contributed by atoms with Gasteiger partial charge in [-0.1, -0.05) is 241 Å². The highest BCUT2D eigenvalue weighted by Crippen LogP contribution is 2.43. The molecule has 0 heterocycles. The lowest BCUT2D eigenvalue weighted by Gasteiger charge is -2.27. The summed E-state index contributed by atoms with van der Waals surface area (Å²) in [5.74, 6) is -0.531. The van der Waals surface area contributed by atoms with E-state index in [1.807, 2.05) is 33.3 Å². The minimum atomic E-state index is -4.45. The first-order chi connectivity index (χ1) is 36.9. The maximum Gasteiger partial charge on any atom is 0.472 e. The number of carbonyl (C=O) groups is 2. The lowest BCUT2D eigenvalue weighted by atomic mass is 10.1. The Hall–Kier alpha value is -2.81. The molecule has 0 saturated carbocycles. The summed E-state index contributed by atoms with van der Waals surface area (Å²) in [6, 6.07) is -0.861. The number of esters is 1. The molecule has 0 aliphatic rings. The van der Waals surface area contributed by atoms with E-state index in [0.29, 0.717) is 17.4 Å². The number of phosphoric ester groups is 1. The van der Waals surface area contributed by atoms with Crippen LogP contribution < -0.4 is 5.32 Å². The zero-order chi connectivity index (χ0) is 55.7. The number of quaternary nitrogens is 1.